The van der Waals surface area contributed by atoms with Crippen molar-refractivity contribution in [3.63, 3.8) is 0 Å². The van der Waals surface area contributed by atoms with Crippen molar-refractivity contribution in [1.82, 2.24) is 15.2 Å². The summed E-state index contributed by atoms with van der Waals surface area (Å²) in [6.45, 7) is 3.01. The molecule has 0 aliphatic carbocycles. The summed E-state index contributed by atoms with van der Waals surface area (Å²) in [4.78, 5) is 6.43. The minimum atomic E-state index is 0.447. The Balaban J connectivity index is 1.99. The molecular formula is C11H15Cl2N3. The molecular weight excluding hydrogens is 245 g/mol. The van der Waals surface area contributed by atoms with E-state index in [1.54, 1.807) is 12.3 Å². The van der Waals surface area contributed by atoms with Gasteiger partial charge in [0, 0.05) is 42.5 Å². The summed E-state index contributed by atoms with van der Waals surface area (Å²) in [5.41, 5.74) is 1.04. The second-order valence-electron chi connectivity index (χ2n) is 4.11. The predicted molar refractivity (Wildman–Crippen MR) is 67.0 cm³/mol. The molecule has 1 aliphatic rings. The second-order valence-corrected chi connectivity index (χ2v) is 4.90. The number of halogens is 2. The first-order valence-corrected chi connectivity index (χ1v) is 6.14. The summed E-state index contributed by atoms with van der Waals surface area (Å²) in [6, 6.07) is 2.29. The monoisotopic (exact) mass is 259 g/mol. The van der Waals surface area contributed by atoms with Crippen molar-refractivity contribution in [2.75, 3.05) is 20.1 Å². The van der Waals surface area contributed by atoms with Crippen LogP contribution in [-0.4, -0.2) is 36.1 Å². The third-order valence-corrected chi connectivity index (χ3v) is 3.53. The number of nitrogens with zero attached hydrogens (tertiary/aromatic N) is 2. The van der Waals surface area contributed by atoms with Crippen molar-refractivity contribution in [2.45, 2.75) is 19.0 Å². The quantitative estimate of drug-likeness (QED) is 0.844. The van der Waals surface area contributed by atoms with Crippen LogP contribution in [0.1, 0.15) is 12.0 Å². The number of likely N-dealkylation sites (N-methyl/N-ethyl adjacent to an activating group) is 1. The number of rotatable bonds is 3. The SMILES string of the molecule is CNC1CCN(Cc2cnc(Cl)cc2Cl)C1. The van der Waals surface area contributed by atoms with Crippen LogP contribution in [0.25, 0.3) is 0 Å². The van der Waals surface area contributed by atoms with E-state index in [2.05, 4.69) is 15.2 Å². The zero-order valence-electron chi connectivity index (χ0n) is 9.21. The number of hydrogen-bond acceptors (Lipinski definition) is 3. The van der Waals surface area contributed by atoms with E-state index in [4.69, 9.17) is 23.2 Å². The van der Waals surface area contributed by atoms with Crippen molar-refractivity contribution in [3.05, 3.63) is 28.0 Å². The topological polar surface area (TPSA) is 28.2 Å². The molecule has 0 amide bonds. The maximum Gasteiger partial charge on any atom is 0.130 e. The lowest BCUT2D eigenvalue weighted by molar-refractivity contribution is 0.322. The van der Waals surface area contributed by atoms with Gasteiger partial charge >= 0.3 is 0 Å². The van der Waals surface area contributed by atoms with Crippen molar-refractivity contribution in [3.8, 4) is 0 Å². The summed E-state index contributed by atoms with van der Waals surface area (Å²) in [5.74, 6) is 0. The molecule has 88 valence electrons. The fraction of sp³-hybridized carbons (Fsp3) is 0.545. The third kappa shape index (κ3) is 2.86. The highest BCUT2D eigenvalue weighted by atomic mass is 35.5. The summed E-state index contributed by atoms with van der Waals surface area (Å²) >= 11 is 11.9. The van der Waals surface area contributed by atoms with E-state index < -0.39 is 0 Å². The Hall–Kier alpha value is -0.350. The lowest BCUT2D eigenvalue weighted by Gasteiger charge is -2.16. The van der Waals surface area contributed by atoms with Gasteiger partial charge in [-0.1, -0.05) is 23.2 Å². The van der Waals surface area contributed by atoms with Gasteiger partial charge in [-0.05, 0) is 19.5 Å². The Morgan fingerprint density at radius 2 is 2.38 bits per heavy atom. The zero-order valence-corrected chi connectivity index (χ0v) is 10.7. The van der Waals surface area contributed by atoms with E-state index in [9.17, 15) is 0 Å². The Bertz CT molecular complexity index is 370. The van der Waals surface area contributed by atoms with E-state index in [1.165, 1.54) is 6.42 Å². The van der Waals surface area contributed by atoms with E-state index in [-0.39, 0.29) is 0 Å². The van der Waals surface area contributed by atoms with Gasteiger partial charge in [0.2, 0.25) is 0 Å². The highest BCUT2D eigenvalue weighted by Crippen LogP contribution is 2.21. The molecule has 1 aromatic heterocycles. The van der Waals surface area contributed by atoms with E-state index in [1.807, 2.05) is 7.05 Å². The highest BCUT2D eigenvalue weighted by Gasteiger charge is 2.21. The maximum atomic E-state index is 6.11. The fourth-order valence-corrected chi connectivity index (χ4v) is 2.43. The van der Waals surface area contributed by atoms with Crippen LogP contribution in [0.5, 0.6) is 0 Å². The minimum absolute atomic E-state index is 0.447. The Kier molecular flexibility index (Phi) is 4.03. The van der Waals surface area contributed by atoms with Gasteiger partial charge in [-0.15, -0.1) is 0 Å². The smallest absolute Gasteiger partial charge is 0.130 e. The molecule has 2 heterocycles. The normalized spacial score (nSPS) is 21.6. The molecule has 1 N–H and O–H groups in total. The first-order valence-electron chi connectivity index (χ1n) is 5.38. The number of nitrogens with one attached hydrogen (secondary N) is 1. The largest absolute Gasteiger partial charge is 0.316 e. The lowest BCUT2D eigenvalue weighted by atomic mass is 10.2. The van der Waals surface area contributed by atoms with Crippen LogP contribution in [0.4, 0.5) is 0 Å². The van der Waals surface area contributed by atoms with Crippen LogP contribution in [0.2, 0.25) is 10.2 Å². The Labute approximate surface area is 106 Å². The first-order chi connectivity index (χ1) is 7.69. The van der Waals surface area contributed by atoms with Gasteiger partial charge in [0.15, 0.2) is 0 Å². The van der Waals surface area contributed by atoms with Gasteiger partial charge in [0.05, 0.1) is 0 Å². The molecule has 1 unspecified atom stereocenters. The maximum absolute atomic E-state index is 6.11. The van der Waals surface area contributed by atoms with Crippen LogP contribution in [-0.2, 0) is 6.54 Å². The average Bonchev–Trinajstić information content (AvgIpc) is 2.70. The molecule has 1 aliphatic heterocycles. The van der Waals surface area contributed by atoms with E-state index in [0.29, 0.717) is 16.2 Å². The lowest BCUT2D eigenvalue weighted by Crippen LogP contribution is -2.29. The number of aromatic nitrogens is 1. The van der Waals surface area contributed by atoms with E-state index >= 15 is 0 Å². The summed E-state index contributed by atoms with van der Waals surface area (Å²) in [6.07, 6.45) is 2.95. The fourth-order valence-electron chi connectivity index (χ4n) is 2.00. The Morgan fingerprint density at radius 3 is 3.00 bits per heavy atom. The van der Waals surface area contributed by atoms with Gasteiger partial charge < -0.3 is 5.32 Å². The first kappa shape index (κ1) is 12.1. The second kappa shape index (κ2) is 5.32. The van der Waals surface area contributed by atoms with Crippen molar-refractivity contribution >= 4 is 23.2 Å². The van der Waals surface area contributed by atoms with Gasteiger partial charge in [0.25, 0.3) is 0 Å². The third-order valence-electron chi connectivity index (χ3n) is 2.97. The van der Waals surface area contributed by atoms with Gasteiger partial charge in [-0.2, -0.15) is 0 Å². The van der Waals surface area contributed by atoms with Crippen LogP contribution in [0.3, 0.4) is 0 Å². The van der Waals surface area contributed by atoms with Gasteiger partial charge in [0.1, 0.15) is 5.15 Å². The van der Waals surface area contributed by atoms with Crippen LogP contribution >= 0.6 is 23.2 Å². The molecule has 1 aromatic rings. The number of pyridine rings is 1. The molecule has 5 heteroatoms. The number of likely N-dealkylation sites (tertiary alicyclic amines) is 1. The molecule has 2 rings (SSSR count). The standard InChI is InChI=1S/C11H15Cl2N3/c1-14-9-2-3-16(7-9)6-8-5-15-11(13)4-10(8)12/h4-5,9,14H,2-3,6-7H2,1H3. The minimum Gasteiger partial charge on any atom is -0.316 e. The van der Waals surface area contributed by atoms with Crippen LogP contribution in [0, 0.1) is 0 Å². The molecule has 0 saturated carbocycles. The summed E-state index contributed by atoms with van der Waals surface area (Å²) < 4.78 is 0. The molecule has 3 nitrogen and oxygen atoms in total. The van der Waals surface area contributed by atoms with Gasteiger partial charge in [-0.25, -0.2) is 4.98 Å². The highest BCUT2D eigenvalue weighted by molar-refractivity contribution is 6.34. The Morgan fingerprint density at radius 1 is 1.56 bits per heavy atom. The molecule has 0 radical (unpaired) electrons. The van der Waals surface area contributed by atoms with Gasteiger partial charge in [-0.3, -0.25) is 4.90 Å². The summed E-state index contributed by atoms with van der Waals surface area (Å²) in [5, 5.41) is 4.44. The summed E-state index contributed by atoms with van der Waals surface area (Å²) in [7, 11) is 2.00. The molecule has 0 spiro atoms. The predicted octanol–water partition coefficient (Wildman–Crippen LogP) is 2.18. The molecule has 0 aromatic carbocycles. The van der Waals surface area contributed by atoms with Crippen molar-refractivity contribution in [1.29, 1.82) is 0 Å². The molecule has 0 bridgehead atoms. The zero-order chi connectivity index (χ0) is 11.5. The molecule has 1 fully saturated rings. The molecule has 1 saturated heterocycles. The molecule has 16 heavy (non-hydrogen) atoms. The number of hydrogen-bond donors (Lipinski definition) is 1. The van der Waals surface area contributed by atoms with Crippen molar-refractivity contribution in [2.24, 2.45) is 0 Å². The van der Waals surface area contributed by atoms with E-state index in [0.717, 1.165) is 25.2 Å². The van der Waals surface area contributed by atoms with Crippen LogP contribution < -0.4 is 5.32 Å². The molecule has 1 atom stereocenters. The van der Waals surface area contributed by atoms with Crippen LogP contribution in [0.15, 0.2) is 12.3 Å². The van der Waals surface area contributed by atoms with Crippen molar-refractivity contribution < 1.29 is 0 Å². The average molecular weight is 260 g/mol.